The van der Waals surface area contributed by atoms with E-state index in [1.54, 1.807) is 13.0 Å². The van der Waals surface area contributed by atoms with Crippen LogP contribution in [0, 0.1) is 6.92 Å². The number of para-hydroxylation sites is 2. The number of phenols is 1. The lowest BCUT2D eigenvalue weighted by atomic mass is 10.1. The van der Waals surface area contributed by atoms with Crippen LogP contribution in [0.25, 0.3) is 0 Å². The van der Waals surface area contributed by atoms with E-state index in [-0.39, 0.29) is 22.7 Å². The summed E-state index contributed by atoms with van der Waals surface area (Å²) in [5.74, 6) is -2.11. The van der Waals surface area contributed by atoms with Crippen molar-refractivity contribution in [3.63, 3.8) is 0 Å². The molecule has 0 radical (unpaired) electrons. The molecule has 0 aliphatic heterocycles. The summed E-state index contributed by atoms with van der Waals surface area (Å²) in [7, 11) is 0. The van der Waals surface area contributed by atoms with Crippen LogP contribution in [0.4, 0.5) is 14.5 Å². The van der Waals surface area contributed by atoms with Crippen molar-refractivity contribution in [2.24, 2.45) is 0 Å². The average Bonchev–Trinajstić information content (AvgIpc) is 2.54. The summed E-state index contributed by atoms with van der Waals surface area (Å²) in [4.78, 5) is 23.7. The van der Waals surface area contributed by atoms with E-state index in [1.807, 2.05) is 0 Å². The number of aryl methyl sites for hydroxylation is 1. The average molecular weight is 351 g/mol. The van der Waals surface area contributed by atoms with Gasteiger partial charge in [0.05, 0.1) is 5.69 Å². The highest BCUT2D eigenvalue weighted by atomic mass is 19.3. The first kappa shape index (κ1) is 18.2. The summed E-state index contributed by atoms with van der Waals surface area (Å²) in [6.45, 7) is -1.96. The molecule has 132 valence electrons. The number of benzene rings is 2. The van der Waals surface area contributed by atoms with Crippen molar-refractivity contribution in [1.29, 1.82) is 0 Å². The number of rotatable bonds is 6. The molecule has 0 bridgehead atoms. The highest BCUT2D eigenvalue weighted by Crippen LogP contribution is 2.25. The van der Waals surface area contributed by atoms with E-state index in [1.165, 1.54) is 36.4 Å². The molecule has 0 fully saturated rings. The largest absolute Gasteiger partial charge is 0.507 e. The standard InChI is InChI=1S/C17H15F2NO5/c1-10-6-7-11(13(21)8-10)16(23)24-9-15(22)20-12-4-2-3-5-14(12)25-17(18)19/h2-8,17,21H,9H2,1H3,(H,20,22). The molecular formula is C17H15F2NO5. The normalized spacial score (nSPS) is 10.4. The number of hydrogen-bond acceptors (Lipinski definition) is 5. The van der Waals surface area contributed by atoms with Crippen LogP contribution in [-0.2, 0) is 9.53 Å². The molecule has 2 N–H and O–H groups in total. The van der Waals surface area contributed by atoms with Crippen molar-refractivity contribution in [2.75, 3.05) is 11.9 Å². The van der Waals surface area contributed by atoms with Gasteiger partial charge in [-0.2, -0.15) is 8.78 Å². The fourth-order valence-electron chi connectivity index (χ4n) is 1.98. The maximum Gasteiger partial charge on any atom is 0.387 e. The minimum absolute atomic E-state index is 0.0158. The summed E-state index contributed by atoms with van der Waals surface area (Å²) < 4.78 is 33.7. The van der Waals surface area contributed by atoms with E-state index in [0.29, 0.717) is 0 Å². The number of esters is 1. The van der Waals surface area contributed by atoms with Crippen molar-refractivity contribution in [3.05, 3.63) is 53.6 Å². The molecule has 2 rings (SSSR count). The number of amides is 1. The SMILES string of the molecule is Cc1ccc(C(=O)OCC(=O)Nc2ccccc2OC(F)F)c(O)c1. The Labute approximate surface area is 142 Å². The van der Waals surface area contributed by atoms with Crippen molar-refractivity contribution in [3.8, 4) is 11.5 Å². The van der Waals surface area contributed by atoms with Gasteiger partial charge in [-0.15, -0.1) is 0 Å². The Morgan fingerprint density at radius 1 is 1.20 bits per heavy atom. The van der Waals surface area contributed by atoms with Crippen LogP contribution in [0.3, 0.4) is 0 Å². The Morgan fingerprint density at radius 3 is 2.60 bits per heavy atom. The molecule has 0 atom stereocenters. The lowest BCUT2D eigenvalue weighted by molar-refractivity contribution is -0.119. The van der Waals surface area contributed by atoms with Crippen molar-refractivity contribution in [1.82, 2.24) is 0 Å². The molecule has 0 unspecified atom stereocenters. The van der Waals surface area contributed by atoms with Gasteiger partial charge in [0.1, 0.15) is 17.1 Å². The molecule has 0 heterocycles. The first-order valence-electron chi connectivity index (χ1n) is 7.17. The molecule has 25 heavy (non-hydrogen) atoms. The molecule has 2 aromatic rings. The molecule has 0 aromatic heterocycles. The minimum Gasteiger partial charge on any atom is -0.507 e. The van der Waals surface area contributed by atoms with E-state index in [9.17, 15) is 23.5 Å². The Hall–Kier alpha value is -3.16. The molecule has 6 nitrogen and oxygen atoms in total. The molecule has 0 saturated carbocycles. The summed E-state index contributed by atoms with van der Waals surface area (Å²) in [6.07, 6.45) is 0. The van der Waals surface area contributed by atoms with Crippen LogP contribution >= 0.6 is 0 Å². The number of anilines is 1. The number of aromatic hydroxyl groups is 1. The van der Waals surface area contributed by atoms with E-state index in [4.69, 9.17) is 4.74 Å². The van der Waals surface area contributed by atoms with Gasteiger partial charge in [0, 0.05) is 0 Å². The second-order valence-corrected chi connectivity index (χ2v) is 5.02. The van der Waals surface area contributed by atoms with Gasteiger partial charge in [-0.1, -0.05) is 18.2 Å². The highest BCUT2D eigenvalue weighted by molar-refractivity contribution is 5.97. The Morgan fingerprint density at radius 2 is 1.92 bits per heavy atom. The van der Waals surface area contributed by atoms with Crippen LogP contribution < -0.4 is 10.1 Å². The lowest BCUT2D eigenvalue weighted by Crippen LogP contribution is -2.21. The van der Waals surface area contributed by atoms with Gasteiger partial charge < -0.3 is 19.9 Å². The van der Waals surface area contributed by atoms with Crippen LogP contribution in [-0.4, -0.2) is 30.2 Å². The third-order valence-electron chi connectivity index (χ3n) is 3.08. The Bertz CT molecular complexity index is 779. The van der Waals surface area contributed by atoms with Crippen LogP contribution in [0.1, 0.15) is 15.9 Å². The van der Waals surface area contributed by atoms with Gasteiger partial charge in [0.15, 0.2) is 6.61 Å². The van der Waals surface area contributed by atoms with Gasteiger partial charge in [-0.05, 0) is 36.8 Å². The van der Waals surface area contributed by atoms with Gasteiger partial charge >= 0.3 is 12.6 Å². The second-order valence-electron chi connectivity index (χ2n) is 5.02. The molecule has 0 saturated heterocycles. The number of hydrogen-bond donors (Lipinski definition) is 2. The summed E-state index contributed by atoms with van der Waals surface area (Å²) >= 11 is 0. The first-order valence-corrected chi connectivity index (χ1v) is 7.17. The zero-order valence-corrected chi connectivity index (χ0v) is 13.2. The zero-order valence-electron chi connectivity index (χ0n) is 13.2. The summed E-state index contributed by atoms with van der Waals surface area (Å²) in [6, 6.07) is 9.97. The number of carbonyl (C=O) groups excluding carboxylic acids is 2. The maximum absolute atomic E-state index is 12.3. The fraction of sp³-hybridized carbons (Fsp3) is 0.176. The number of ether oxygens (including phenoxy) is 2. The molecule has 0 aliphatic carbocycles. The van der Waals surface area contributed by atoms with Crippen molar-refractivity contribution < 1.29 is 33.0 Å². The number of carbonyl (C=O) groups is 2. The molecule has 1 amide bonds. The van der Waals surface area contributed by atoms with Gasteiger partial charge in [0.25, 0.3) is 5.91 Å². The second kappa shape index (κ2) is 8.09. The Balaban J connectivity index is 1.96. The summed E-state index contributed by atoms with van der Waals surface area (Å²) in [5.41, 5.74) is 0.685. The molecular weight excluding hydrogens is 336 g/mol. The van der Waals surface area contributed by atoms with E-state index in [0.717, 1.165) is 5.56 Å². The third kappa shape index (κ3) is 5.17. The number of alkyl halides is 2. The van der Waals surface area contributed by atoms with Crippen LogP contribution in [0.2, 0.25) is 0 Å². The number of phenolic OH excluding ortho intramolecular Hbond substituents is 1. The topological polar surface area (TPSA) is 84.9 Å². The van der Waals surface area contributed by atoms with E-state index < -0.39 is 25.1 Å². The fourth-order valence-corrected chi connectivity index (χ4v) is 1.98. The smallest absolute Gasteiger partial charge is 0.387 e. The summed E-state index contributed by atoms with van der Waals surface area (Å²) in [5, 5.41) is 12.0. The predicted molar refractivity (Wildman–Crippen MR) is 84.8 cm³/mol. The number of halogens is 2. The third-order valence-corrected chi connectivity index (χ3v) is 3.08. The quantitative estimate of drug-likeness (QED) is 0.781. The van der Waals surface area contributed by atoms with Crippen LogP contribution in [0.5, 0.6) is 11.5 Å². The molecule has 0 aliphatic rings. The molecule has 8 heteroatoms. The first-order chi connectivity index (χ1) is 11.9. The minimum atomic E-state index is -3.04. The van der Waals surface area contributed by atoms with E-state index in [2.05, 4.69) is 10.1 Å². The zero-order chi connectivity index (χ0) is 18.4. The molecule has 0 spiro atoms. The predicted octanol–water partition coefficient (Wildman–Crippen LogP) is 3.10. The van der Waals surface area contributed by atoms with Gasteiger partial charge in [-0.3, -0.25) is 4.79 Å². The van der Waals surface area contributed by atoms with Gasteiger partial charge in [0.2, 0.25) is 0 Å². The lowest BCUT2D eigenvalue weighted by Gasteiger charge is -2.12. The van der Waals surface area contributed by atoms with Gasteiger partial charge in [-0.25, -0.2) is 4.79 Å². The van der Waals surface area contributed by atoms with E-state index >= 15 is 0 Å². The highest BCUT2D eigenvalue weighted by Gasteiger charge is 2.16. The van der Waals surface area contributed by atoms with Crippen molar-refractivity contribution >= 4 is 17.6 Å². The Kier molecular flexibility index (Phi) is 5.89. The molecule has 2 aromatic carbocycles. The van der Waals surface area contributed by atoms with Crippen LogP contribution in [0.15, 0.2) is 42.5 Å². The maximum atomic E-state index is 12.3. The number of nitrogens with one attached hydrogen (secondary N) is 1. The monoisotopic (exact) mass is 351 g/mol. The van der Waals surface area contributed by atoms with Crippen molar-refractivity contribution in [2.45, 2.75) is 13.5 Å².